The number of pyridine rings is 1. The summed E-state index contributed by atoms with van der Waals surface area (Å²) in [5.74, 6) is 3.27. The van der Waals surface area contributed by atoms with E-state index in [0.717, 1.165) is 22.0 Å². The Kier molecular flexibility index (Phi) is 2.61. The average molecular weight is 209 g/mol. The number of hydrogen-bond acceptors (Lipinski definition) is 2. The van der Waals surface area contributed by atoms with Crippen LogP contribution in [0.15, 0.2) is 31.0 Å². The van der Waals surface area contributed by atoms with Crippen molar-refractivity contribution < 1.29 is 4.74 Å². The van der Waals surface area contributed by atoms with E-state index in [1.165, 1.54) is 0 Å². The third-order valence-corrected chi connectivity index (χ3v) is 2.47. The van der Waals surface area contributed by atoms with Gasteiger partial charge in [-0.05, 0) is 17.7 Å². The average Bonchev–Trinajstić information content (AvgIpc) is 2.36. The minimum absolute atomic E-state index is 0.670. The summed E-state index contributed by atoms with van der Waals surface area (Å²) >= 11 is 0. The lowest BCUT2D eigenvalue weighted by Crippen LogP contribution is -1.90. The Morgan fingerprint density at radius 2 is 2.31 bits per heavy atom. The summed E-state index contributed by atoms with van der Waals surface area (Å²) in [6.45, 7) is 3.77. The Labute approximate surface area is 94.6 Å². The third kappa shape index (κ3) is 1.53. The van der Waals surface area contributed by atoms with E-state index >= 15 is 0 Å². The standard InChI is InChI=1S/C14H11NO/c1-4-10-6-7-15-13-9-14(16-3)11(5-2)8-12(10)13/h2,4,6-9H,1H2,3H3. The second kappa shape index (κ2) is 4.08. The molecule has 0 N–H and O–H groups in total. The summed E-state index contributed by atoms with van der Waals surface area (Å²) in [5, 5.41) is 0.992. The van der Waals surface area contributed by atoms with Gasteiger partial charge in [0.15, 0.2) is 0 Å². The van der Waals surface area contributed by atoms with Gasteiger partial charge in [-0.3, -0.25) is 4.98 Å². The normalized spacial score (nSPS) is 9.75. The maximum Gasteiger partial charge on any atom is 0.136 e. The molecule has 0 aliphatic carbocycles. The number of nitrogens with zero attached hydrogens (tertiary/aromatic N) is 1. The minimum atomic E-state index is 0.670. The molecule has 0 unspecified atom stereocenters. The summed E-state index contributed by atoms with van der Waals surface area (Å²) in [6, 6.07) is 5.65. The van der Waals surface area contributed by atoms with Crippen molar-refractivity contribution in [1.29, 1.82) is 0 Å². The molecule has 0 fully saturated rings. The molecule has 1 aromatic heterocycles. The van der Waals surface area contributed by atoms with Gasteiger partial charge in [0.2, 0.25) is 0 Å². The Bertz CT molecular complexity index is 593. The van der Waals surface area contributed by atoms with Crippen LogP contribution in [0.1, 0.15) is 11.1 Å². The first kappa shape index (κ1) is 10.3. The fraction of sp³-hybridized carbons (Fsp3) is 0.0714. The van der Waals surface area contributed by atoms with Crippen LogP contribution in [0.5, 0.6) is 5.75 Å². The highest BCUT2D eigenvalue weighted by atomic mass is 16.5. The lowest BCUT2D eigenvalue weighted by atomic mass is 10.1. The van der Waals surface area contributed by atoms with Crippen molar-refractivity contribution >= 4 is 17.0 Å². The lowest BCUT2D eigenvalue weighted by Gasteiger charge is -2.07. The molecule has 16 heavy (non-hydrogen) atoms. The van der Waals surface area contributed by atoms with Gasteiger partial charge in [-0.15, -0.1) is 6.42 Å². The van der Waals surface area contributed by atoms with E-state index in [0.29, 0.717) is 5.75 Å². The van der Waals surface area contributed by atoms with Crippen LogP contribution in [-0.2, 0) is 0 Å². The van der Waals surface area contributed by atoms with Gasteiger partial charge in [-0.25, -0.2) is 0 Å². The highest BCUT2D eigenvalue weighted by Gasteiger charge is 2.06. The molecule has 2 rings (SSSR count). The Morgan fingerprint density at radius 1 is 1.50 bits per heavy atom. The van der Waals surface area contributed by atoms with E-state index in [4.69, 9.17) is 11.2 Å². The fourth-order valence-electron chi connectivity index (χ4n) is 1.65. The Morgan fingerprint density at radius 3 is 2.94 bits per heavy atom. The maximum absolute atomic E-state index is 5.43. The molecule has 1 heterocycles. The monoisotopic (exact) mass is 209 g/mol. The molecule has 0 saturated carbocycles. The van der Waals surface area contributed by atoms with Gasteiger partial charge in [-0.1, -0.05) is 18.6 Å². The van der Waals surface area contributed by atoms with Crippen LogP contribution in [-0.4, -0.2) is 12.1 Å². The molecule has 0 saturated heterocycles. The molecule has 1 aromatic carbocycles. The van der Waals surface area contributed by atoms with Crippen LogP contribution < -0.4 is 4.74 Å². The van der Waals surface area contributed by atoms with E-state index in [-0.39, 0.29) is 0 Å². The SMILES string of the molecule is C#Cc1cc2c(C=C)ccnc2cc1OC. The van der Waals surface area contributed by atoms with Crippen LogP contribution >= 0.6 is 0 Å². The lowest BCUT2D eigenvalue weighted by molar-refractivity contribution is 0.414. The zero-order valence-electron chi connectivity index (χ0n) is 9.03. The first-order valence-corrected chi connectivity index (χ1v) is 4.86. The van der Waals surface area contributed by atoms with Crippen LogP contribution in [0.3, 0.4) is 0 Å². The van der Waals surface area contributed by atoms with Crippen molar-refractivity contribution in [3.63, 3.8) is 0 Å². The van der Waals surface area contributed by atoms with Gasteiger partial charge in [0.1, 0.15) is 5.75 Å². The Balaban J connectivity index is 2.84. The highest BCUT2D eigenvalue weighted by molar-refractivity contribution is 5.90. The molecule has 0 spiro atoms. The molecule has 0 aliphatic heterocycles. The molecule has 2 heteroatoms. The molecule has 0 radical (unpaired) electrons. The van der Waals surface area contributed by atoms with Crippen molar-refractivity contribution in [2.75, 3.05) is 7.11 Å². The zero-order chi connectivity index (χ0) is 11.5. The second-order valence-electron chi connectivity index (χ2n) is 3.32. The summed E-state index contributed by atoms with van der Waals surface area (Å²) < 4.78 is 5.21. The van der Waals surface area contributed by atoms with E-state index < -0.39 is 0 Å². The van der Waals surface area contributed by atoms with Crippen LogP contribution in [0.2, 0.25) is 0 Å². The highest BCUT2D eigenvalue weighted by Crippen LogP contribution is 2.26. The molecule has 0 atom stereocenters. The topological polar surface area (TPSA) is 22.1 Å². The molecule has 0 amide bonds. The van der Waals surface area contributed by atoms with Crippen LogP contribution in [0.25, 0.3) is 17.0 Å². The summed E-state index contributed by atoms with van der Waals surface area (Å²) in [4.78, 5) is 4.28. The predicted octanol–water partition coefficient (Wildman–Crippen LogP) is 2.87. The van der Waals surface area contributed by atoms with Crippen molar-refractivity contribution in [2.45, 2.75) is 0 Å². The maximum atomic E-state index is 5.43. The number of aromatic nitrogens is 1. The fourth-order valence-corrected chi connectivity index (χ4v) is 1.65. The van der Waals surface area contributed by atoms with Crippen LogP contribution in [0.4, 0.5) is 0 Å². The Hall–Kier alpha value is -2.27. The van der Waals surface area contributed by atoms with E-state index in [1.54, 1.807) is 19.4 Å². The third-order valence-electron chi connectivity index (χ3n) is 2.47. The number of hydrogen-bond donors (Lipinski definition) is 0. The van der Waals surface area contributed by atoms with E-state index in [1.807, 2.05) is 18.2 Å². The van der Waals surface area contributed by atoms with Crippen molar-refractivity contribution in [3.05, 3.63) is 42.1 Å². The van der Waals surface area contributed by atoms with Gasteiger partial charge < -0.3 is 4.74 Å². The summed E-state index contributed by atoms with van der Waals surface area (Å²) in [7, 11) is 1.60. The summed E-state index contributed by atoms with van der Waals surface area (Å²) in [5.41, 5.74) is 2.60. The largest absolute Gasteiger partial charge is 0.495 e. The first-order valence-electron chi connectivity index (χ1n) is 4.86. The van der Waals surface area contributed by atoms with Crippen LogP contribution in [0, 0.1) is 12.3 Å². The van der Waals surface area contributed by atoms with Gasteiger partial charge in [0.25, 0.3) is 0 Å². The number of rotatable bonds is 2. The van der Waals surface area contributed by atoms with Crippen molar-refractivity contribution in [3.8, 4) is 18.1 Å². The molecule has 2 nitrogen and oxygen atoms in total. The number of terminal acetylenes is 1. The van der Waals surface area contributed by atoms with Gasteiger partial charge >= 0.3 is 0 Å². The number of methoxy groups -OCH3 is 1. The summed E-state index contributed by atoms with van der Waals surface area (Å²) in [6.07, 6.45) is 8.97. The quantitative estimate of drug-likeness (QED) is 0.709. The molecular weight excluding hydrogens is 198 g/mol. The van der Waals surface area contributed by atoms with Crippen molar-refractivity contribution in [2.24, 2.45) is 0 Å². The molecule has 0 aliphatic rings. The minimum Gasteiger partial charge on any atom is -0.495 e. The molecular formula is C14H11NO. The number of ether oxygens (including phenoxy) is 1. The molecule has 78 valence electrons. The number of fused-ring (bicyclic) bond motifs is 1. The second-order valence-corrected chi connectivity index (χ2v) is 3.32. The zero-order valence-corrected chi connectivity index (χ0v) is 9.03. The molecule has 2 aromatic rings. The van der Waals surface area contributed by atoms with Gasteiger partial charge in [0, 0.05) is 17.6 Å². The molecule has 0 bridgehead atoms. The van der Waals surface area contributed by atoms with E-state index in [9.17, 15) is 0 Å². The predicted molar refractivity (Wildman–Crippen MR) is 66.3 cm³/mol. The first-order chi connectivity index (χ1) is 7.80. The smallest absolute Gasteiger partial charge is 0.136 e. The van der Waals surface area contributed by atoms with E-state index in [2.05, 4.69) is 17.5 Å². The van der Waals surface area contributed by atoms with Crippen molar-refractivity contribution in [1.82, 2.24) is 4.98 Å². The van der Waals surface area contributed by atoms with Gasteiger partial charge in [0.05, 0.1) is 18.2 Å². The van der Waals surface area contributed by atoms with Gasteiger partial charge in [-0.2, -0.15) is 0 Å². The number of benzene rings is 1.